The van der Waals surface area contributed by atoms with E-state index in [0.717, 1.165) is 22.6 Å². The quantitative estimate of drug-likeness (QED) is 0.880. The standard InChI is InChI=1S/C15H15ClFN/c1-18-15(13-4-2-3-5-14(13)16)10-11-6-8-12(17)9-7-11/h2-9,15,18H,10H2,1H3. The second-order valence-electron chi connectivity index (χ2n) is 4.19. The molecule has 94 valence electrons. The highest BCUT2D eigenvalue weighted by molar-refractivity contribution is 6.31. The van der Waals surface area contributed by atoms with Gasteiger partial charge >= 0.3 is 0 Å². The molecule has 2 rings (SSSR count). The van der Waals surface area contributed by atoms with E-state index in [1.54, 1.807) is 12.1 Å². The molecule has 1 nitrogen and oxygen atoms in total. The Kier molecular flexibility index (Phi) is 4.34. The average molecular weight is 264 g/mol. The van der Waals surface area contributed by atoms with Crippen LogP contribution in [-0.4, -0.2) is 7.05 Å². The summed E-state index contributed by atoms with van der Waals surface area (Å²) >= 11 is 6.19. The molecule has 0 saturated heterocycles. The number of benzene rings is 2. The number of likely N-dealkylation sites (N-methyl/N-ethyl adjacent to an activating group) is 1. The minimum atomic E-state index is -0.211. The summed E-state index contributed by atoms with van der Waals surface area (Å²) < 4.78 is 12.9. The lowest BCUT2D eigenvalue weighted by Gasteiger charge is -2.18. The SMILES string of the molecule is CNC(Cc1ccc(F)cc1)c1ccccc1Cl. The van der Waals surface area contributed by atoms with Crippen LogP contribution in [0.4, 0.5) is 4.39 Å². The largest absolute Gasteiger partial charge is 0.313 e. The van der Waals surface area contributed by atoms with Crippen LogP contribution in [-0.2, 0) is 6.42 Å². The van der Waals surface area contributed by atoms with Gasteiger partial charge in [0.25, 0.3) is 0 Å². The first-order valence-corrected chi connectivity index (χ1v) is 6.24. The Balaban J connectivity index is 2.20. The normalized spacial score (nSPS) is 12.4. The first-order valence-electron chi connectivity index (χ1n) is 5.87. The fourth-order valence-corrected chi connectivity index (χ4v) is 2.25. The lowest BCUT2D eigenvalue weighted by Crippen LogP contribution is -2.19. The van der Waals surface area contributed by atoms with Gasteiger partial charge in [-0.2, -0.15) is 0 Å². The van der Waals surface area contributed by atoms with Gasteiger partial charge in [-0.15, -0.1) is 0 Å². The topological polar surface area (TPSA) is 12.0 Å². The van der Waals surface area contributed by atoms with Crippen LogP contribution >= 0.6 is 11.6 Å². The zero-order valence-electron chi connectivity index (χ0n) is 10.2. The molecule has 1 unspecified atom stereocenters. The minimum Gasteiger partial charge on any atom is -0.313 e. The summed E-state index contributed by atoms with van der Waals surface area (Å²) in [5.41, 5.74) is 2.14. The number of halogens is 2. The molecule has 1 N–H and O–H groups in total. The number of hydrogen-bond donors (Lipinski definition) is 1. The van der Waals surface area contributed by atoms with Gasteiger partial charge in [0.15, 0.2) is 0 Å². The maximum absolute atomic E-state index is 12.9. The van der Waals surface area contributed by atoms with Crippen LogP contribution in [0.3, 0.4) is 0 Å². The van der Waals surface area contributed by atoms with Gasteiger partial charge in [-0.25, -0.2) is 4.39 Å². The van der Waals surface area contributed by atoms with E-state index < -0.39 is 0 Å². The Morgan fingerprint density at radius 2 is 1.78 bits per heavy atom. The summed E-state index contributed by atoms with van der Waals surface area (Å²) in [4.78, 5) is 0. The first-order chi connectivity index (χ1) is 8.70. The minimum absolute atomic E-state index is 0.129. The van der Waals surface area contributed by atoms with Gasteiger partial charge in [0, 0.05) is 11.1 Å². The second kappa shape index (κ2) is 5.98. The zero-order valence-corrected chi connectivity index (χ0v) is 10.9. The maximum atomic E-state index is 12.9. The predicted octanol–water partition coefficient (Wildman–Crippen LogP) is 3.98. The van der Waals surface area contributed by atoms with Crippen molar-refractivity contribution in [1.82, 2.24) is 5.32 Å². The average Bonchev–Trinajstić information content (AvgIpc) is 2.39. The second-order valence-corrected chi connectivity index (χ2v) is 4.60. The van der Waals surface area contributed by atoms with Gasteiger partial charge < -0.3 is 5.32 Å². The molecule has 2 aromatic carbocycles. The molecule has 0 amide bonds. The predicted molar refractivity (Wildman–Crippen MR) is 73.4 cm³/mol. The molecule has 0 aliphatic heterocycles. The van der Waals surface area contributed by atoms with Crippen LogP contribution in [0.2, 0.25) is 5.02 Å². The smallest absolute Gasteiger partial charge is 0.123 e. The summed E-state index contributed by atoms with van der Waals surface area (Å²) in [5, 5.41) is 3.99. The lowest BCUT2D eigenvalue weighted by molar-refractivity contribution is 0.589. The van der Waals surface area contributed by atoms with Gasteiger partial charge in [-0.05, 0) is 42.8 Å². The van der Waals surface area contributed by atoms with Crippen molar-refractivity contribution in [3.05, 3.63) is 70.5 Å². The van der Waals surface area contributed by atoms with Crippen molar-refractivity contribution in [3.8, 4) is 0 Å². The van der Waals surface area contributed by atoms with Crippen molar-refractivity contribution in [2.24, 2.45) is 0 Å². The molecule has 0 radical (unpaired) electrons. The number of rotatable bonds is 4. The third-order valence-corrected chi connectivity index (χ3v) is 3.33. The van der Waals surface area contributed by atoms with Crippen molar-refractivity contribution in [2.45, 2.75) is 12.5 Å². The van der Waals surface area contributed by atoms with E-state index in [0.29, 0.717) is 0 Å². The maximum Gasteiger partial charge on any atom is 0.123 e. The zero-order chi connectivity index (χ0) is 13.0. The first kappa shape index (κ1) is 13.1. The highest BCUT2D eigenvalue weighted by Gasteiger charge is 2.12. The summed E-state index contributed by atoms with van der Waals surface area (Å²) in [6.45, 7) is 0. The third-order valence-electron chi connectivity index (χ3n) is 2.98. The Bertz CT molecular complexity index is 510. The fourth-order valence-electron chi connectivity index (χ4n) is 1.98. The molecule has 0 bridgehead atoms. The van der Waals surface area contributed by atoms with E-state index >= 15 is 0 Å². The molecule has 0 heterocycles. The van der Waals surface area contributed by atoms with Crippen molar-refractivity contribution < 1.29 is 4.39 Å². The summed E-state index contributed by atoms with van der Waals surface area (Å²) in [6.07, 6.45) is 0.778. The van der Waals surface area contributed by atoms with Crippen LogP contribution in [0.25, 0.3) is 0 Å². The molecule has 0 saturated carbocycles. The number of hydrogen-bond acceptors (Lipinski definition) is 1. The number of nitrogens with one attached hydrogen (secondary N) is 1. The van der Waals surface area contributed by atoms with Crippen LogP contribution < -0.4 is 5.32 Å². The Morgan fingerprint density at radius 1 is 1.11 bits per heavy atom. The van der Waals surface area contributed by atoms with E-state index in [2.05, 4.69) is 5.32 Å². The van der Waals surface area contributed by atoms with E-state index in [4.69, 9.17) is 11.6 Å². The molecule has 18 heavy (non-hydrogen) atoms. The van der Waals surface area contributed by atoms with Crippen molar-refractivity contribution >= 4 is 11.6 Å². The van der Waals surface area contributed by atoms with Gasteiger partial charge in [0.05, 0.1) is 0 Å². The molecular formula is C15H15ClFN. The lowest BCUT2D eigenvalue weighted by atomic mass is 9.99. The van der Waals surface area contributed by atoms with Gasteiger partial charge in [0.1, 0.15) is 5.82 Å². The molecule has 0 aliphatic carbocycles. The van der Waals surface area contributed by atoms with Gasteiger partial charge in [0.2, 0.25) is 0 Å². The fraction of sp³-hybridized carbons (Fsp3) is 0.200. The van der Waals surface area contributed by atoms with Crippen molar-refractivity contribution in [2.75, 3.05) is 7.05 Å². The van der Waals surface area contributed by atoms with Crippen molar-refractivity contribution in [1.29, 1.82) is 0 Å². The Hall–Kier alpha value is -1.38. The molecular weight excluding hydrogens is 249 g/mol. The summed E-state index contributed by atoms with van der Waals surface area (Å²) in [7, 11) is 1.90. The van der Waals surface area contributed by atoms with Gasteiger partial charge in [-0.3, -0.25) is 0 Å². The van der Waals surface area contributed by atoms with Crippen LogP contribution in [0, 0.1) is 5.82 Å². The van der Waals surface area contributed by atoms with E-state index in [9.17, 15) is 4.39 Å². The molecule has 0 aliphatic rings. The monoisotopic (exact) mass is 263 g/mol. The van der Waals surface area contributed by atoms with E-state index in [1.165, 1.54) is 12.1 Å². The van der Waals surface area contributed by atoms with E-state index in [-0.39, 0.29) is 11.9 Å². The summed E-state index contributed by atoms with van der Waals surface area (Å²) in [5.74, 6) is -0.211. The van der Waals surface area contributed by atoms with Crippen LogP contribution in [0.15, 0.2) is 48.5 Å². The third kappa shape index (κ3) is 3.09. The van der Waals surface area contributed by atoms with Crippen LogP contribution in [0.5, 0.6) is 0 Å². The Labute approximate surface area is 112 Å². The highest BCUT2D eigenvalue weighted by atomic mass is 35.5. The van der Waals surface area contributed by atoms with Gasteiger partial charge in [-0.1, -0.05) is 41.9 Å². The highest BCUT2D eigenvalue weighted by Crippen LogP contribution is 2.25. The van der Waals surface area contributed by atoms with E-state index in [1.807, 2.05) is 31.3 Å². The molecule has 1 atom stereocenters. The summed E-state index contributed by atoms with van der Waals surface area (Å²) in [6, 6.07) is 14.5. The Morgan fingerprint density at radius 3 is 2.39 bits per heavy atom. The molecule has 0 spiro atoms. The molecule has 3 heteroatoms. The molecule has 0 aromatic heterocycles. The van der Waals surface area contributed by atoms with Crippen molar-refractivity contribution in [3.63, 3.8) is 0 Å². The van der Waals surface area contributed by atoms with Crippen LogP contribution in [0.1, 0.15) is 17.2 Å². The molecule has 0 fully saturated rings. The molecule has 2 aromatic rings.